The van der Waals surface area contributed by atoms with Crippen LogP contribution in [0.3, 0.4) is 0 Å². The highest BCUT2D eigenvalue weighted by atomic mass is 35.5. The van der Waals surface area contributed by atoms with Gasteiger partial charge in [0.25, 0.3) is 0 Å². The first-order valence-electron chi connectivity index (χ1n) is 5.62. The average molecular weight is 322 g/mol. The van der Waals surface area contributed by atoms with Crippen molar-refractivity contribution in [3.05, 3.63) is 52.3 Å². The molecule has 3 N–H and O–H groups in total. The Kier molecular flexibility index (Phi) is 6.17. The minimum atomic E-state index is -0.220. The van der Waals surface area contributed by atoms with Crippen LogP contribution in [0, 0.1) is 0 Å². The van der Waals surface area contributed by atoms with E-state index in [1.807, 2.05) is 35.0 Å². The van der Waals surface area contributed by atoms with Gasteiger partial charge in [-0.2, -0.15) is 0 Å². The number of hydrogen-bond donors (Lipinski definition) is 2. The van der Waals surface area contributed by atoms with Gasteiger partial charge in [0.05, 0.1) is 0 Å². The van der Waals surface area contributed by atoms with E-state index in [4.69, 9.17) is 34.0 Å². The van der Waals surface area contributed by atoms with Gasteiger partial charge in [0, 0.05) is 40.3 Å². The van der Waals surface area contributed by atoms with E-state index in [2.05, 4.69) is 0 Å². The van der Waals surface area contributed by atoms with Crippen LogP contribution in [0.5, 0.6) is 0 Å². The van der Waals surface area contributed by atoms with Gasteiger partial charge in [-0.3, -0.25) is 0 Å². The molecule has 1 heterocycles. The Morgan fingerprint density at radius 3 is 2.42 bits per heavy atom. The van der Waals surface area contributed by atoms with E-state index < -0.39 is 0 Å². The second-order valence-corrected chi connectivity index (χ2v) is 4.92. The third-order valence-corrected chi connectivity index (χ3v) is 3.16. The van der Waals surface area contributed by atoms with E-state index in [0.717, 1.165) is 11.4 Å². The predicted molar refractivity (Wildman–Crippen MR) is 81.7 cm³/mol. The molecule has 6 heteroatoms. The van der Waals surface area contributed by atoms with Gasteiger partial charge in [0.1, 0.15) is 0 Å². The van der Waals surface area contributed by atoms with Crippen LogP contribution in [-0.4, -0.2) is 16.3 Å². The fourth-order valence-electron chi connectivity index (χ4n) is 1.90. The van der Waals surface area contributed by atoms with Crippen LogP contribution < -0.4 is 5.73 Å². The summed E-state index contributed by atoms with van der Waals surface area (Å²) in [5.74, 6) is 0. The SMILES string of the molecule is Cl.NC(CCO)c1cccn1-c1cc(Cl)cc(Cl)c1. The van der Waals surface area contributed by atoms with Gasteiger partial charge in [0.2, 0.25) is 0 Å². The molecule has 0 aliphatic heterocycles. The zero-order valence-corrected chi connectivity index (χ0v) is 12.4. The third kappa shape index (κ3) is 3.88. The van der Waals surface area contributed by atoms with Gasteiger partial charge in [-0.1, -0.05) is 23.2 Å². The molecule has 104 valence electrons. The van der Waals surface area contributed by atoms with Crippen LogP contribution in [0.25, 0.3) is 5.69 Å². The number of benzene rings is 1. The summed E-state index contributed by atoms with van der Waals surface area (Å²) in [5, 5.41) is 10.1. The quantitative estimate of drug-likeness (QED) is 0.904. The summed E-state index contributed by atoms with van der Waals surface area (Å²) in [7, 11) is 0. The van der Waals surface area contributed by atoms with Crippen molar-refractivity contribution < 1.29 is 5.11 Å². The van der Waals surface area contributed by atoms with Gasteiger partial charge < -0.3 is 15.4 Å². The molecule has 1 aromatic heterocycles. The first kappa shape index (κ1) is 16.3. The van der Waals surface area contributed by atoms with Crippen molar-refractivity contribution in [3.63, 3.8) is 0 Å². The van der Waals surface area contributed by atoms with Gasteiger partial charge >= 0.3 is 0 Å². The van der Waals surface area contributed by atoms with E-state index in [1.54, 1.807) is 6.07 Å². The van der Waals surface area contributed by atoms with Crippen LogP contribution in [-0.2, 0) is 0 Å². The Morgan fingerprint density at radius 1 is 1.21 bits per heavy atom. The molecule has 1 atom stereocenters. The maximum atomic E-state index is 8.95. The average Bonchev–Trinajstić information content (AvgIpc) is 2.76. The maximum absolute atomic E-state index is 8.95. The number of hydrogen-bond acceptors (Lipinski definition) is 2. The Morgan fingerprint density at radius 2 is 1.84 bits per heavy atom. The molecule has 3 nitrogen and oxygen atoms in total. The standard InChI is InChI=1S/C13H14Cl2N2O.ClH/c14-9-6-10(15)8-11(7-9)17-4-1-2-13(17)12(16)3-5-18;/h1-2,4,6-8,12,18H,3,5,16H2;1H. The minimum Gasteiger partial charge on any atom is -0.396 e. The molecule has 1 unspecified atom stereocenters. The summed E-state index contributed by atoms with van der Waals surface area (Å²) in [6.45, 7) is 0.0582. The lowest BCUT2D eigenvalue weighted by molar-refractivity contribution is 0.275. The van der Waals surface area contributed by atoms with Crippen LogP contribution in [0.4, 0.5) is 0 Å². The molecule has 0 saturated carbocycles. The van der Waals surface area contributed by atoms with Crippen LogP contribution in [0.15, 0.2) is 36.5 Å². The molecule has 0 spiro atoms. The normalized spacial score (nSPS) is 12.0. The highest BCUT2D eigenvalue weighted by Gasteiger charge is 2.12. The van der Waals surface area contributed by atoms with Crippen LogP contribution >= 0.6 is 35.6 Å². The van der Waals surface area contributed by atoms with E-state index in [0.29, 0.717) is 16.5 Å². The van der Waals surface area contributed by atoms with E-state index in [-0.39, 0.29) is 25.1 Å². The van der Waals surface area contributed by atoms with E-state index >= 15 is 0 Å². The molecule has 2 rings (SSSR count). The van der Waals surface area contributed by atoms with Crippen molar-refractivity contribution in [1.29, 1.82) is 0 Å². The van der Waals surface area contributed by atoms with Gasteiger partial charge in [-0.05, 0) is 36.8 Å². The van der Waals surface area contributed by atoms with Gasteiger partial charge in [-0.15, -0.1) is 12.4 Å². The summed E-state index contributed by atoms with van der Waals surface area (Å²) in [6, 6.07) is 8.94. The van der Waals surface area contributed by atoms with Crippen molar-refractivity contribution in [1.82, 2.24) is 4.57 Å². The molecule has 0 fully saturated rings. The molecule has 0 amide bonds. The lowest BCUT2D eigenvalue weighted by Gasteiger charge is -2.15. The molecule has 0 radical (unpaired) electrons. The summed E-state index contributed by atoms with van der Waals surface area (Å²) < 4.78 is 1.93. The maximum Gasteiger partial charge on any atom is 0.0482 e. The first-order chi connectivity index (χ1) is 8.61. The lowest BCUT2D eigenvalue weighted by atomic mass is 10.1. The topological polar surface area (TPSA) is 51.2 Å². The minimum absolute atomic E-state index is 0. The zero-order valence-electron chi connectivity index (χ0n) is 10.1. The Labute approximate surface area is 128 Å². The fourth-order valence-corrected chi connectivity index (χ4v) is 2.41. The Balaban J connectivity index is 0.00000180. The third-order valence-electron chi connectivity index (χ3n) is 2.73. The molecule has 0 saturated heterocycles. The van der Waals surface area contributed by atoms with Crippen LogP contribution in [0.2, 0.25) is 10.0 Å². The molecule has 0 aliphatic rings. The first-order valence-corrected chi connectivity index (χ1v) is 6.37. The van der Waals surface area contributed by atoms with Gasteiger partial charge in [-0.25, -0.2) is 0 Å². The molecule has 0 bridgehead atoms. The highest BCUT2D eigenvalue weighted by Crippen LogP contribution is 2.25. The zero-order chi connectivity index (χ0) is 13.1. The number of nitrogens with zero attached hydrogens (tertiary/aromatic N) is 1. The second kappa shape index (κ2) is 7.17. The predicted octanol–water partition coefficient (Wildman–Crippen LogP) is 3.59. The fraction of sp³-hybridized carbons (Fsp3) is 0.231. The number of rotatable bonds is 4. The van der Waals surface area contributed by atoms with Crippen molar-refractivity contribution >= 4 is 35.6 Å². The summed E-state index contributed by atoms with van der Waals surface area (Å²) in [4.78, 5) is 0. The molecular formula is C13H15Cl3N2O. The molecule has 19 heavy (non-hydrogen) atoms. The number of aliphatic hydroxyl groups excluding tert-OH is 1. The monoisotopic (exact) mass is 320 g/mol. The summed E-state index contributed by atoms with van der Waals surface area (Å²) >= 11 is 12.0. The molecular weight excluding hydrogens is 307 g/mol. The van der Waals surface area contributed by atoms with Gasteiger partial charge in [0.15, 0.2) is 0 Å². The summed E-state index contributed by atoms with van der Waals surface area (Å²) in [5.41, 5.74) is 7.80. The number of aliphatic hydroxyl groups is 1. The van der Waals surface area contributed by atoms with Crippen molar-refractivity contribution in [2.45, 2.75) is 12.5 Å². The molecule has 1 aromatic carbocycles. The lowest BCUT2D eigenvalue weighted by Crippen LogP contribution is -2.15. The number of aromatic nitrogens is 1. The van der Waals surface area contributed by atoms with E-state index in [9.17, 15) is 0 Å². The van der Waals surface area contributed by atoms with E-state index in [1.165, 1.54) is 0 Å². The molecule has 2 aromatic rings. The van der Waals surface area contributed by atoms with Crippen molar-refractivity contribution in [2.75, 3.05) is 6.61 Å². The number of nitrogens with two attached hydrogens (primary N) is 1. The van der Waals surface area contributed by atoms with Crippen molar-refractivity contribution in [3.8, 4) is 5.69 Å². The second-order valence-electron chi connectivity index (χ2n) is 4.05. The largest absolute Gasteiger partial charge is 0.396 e. The molecule has 0 aliphatic carbocycles. The highest BCUT2D eigenvalue weighted by molar-refractivity contribution is 6.34. The van der Waals surface area contributed by atoms with Crippen LogP contribution in [0.1, 0.15) is 18.2 Å². The number of halogens is 3. The van der Waals surface area contributed by atoms with Crippen molar-refractivity contribution in [2.24, 2.45) is 5.73 Å². The Hall–Kier alpha value is -0.710. The smallest absolute Gasteiger partial charge is 0.0482 e. The Bertz CT molecular complexity index is 522. The summed E-state index contributed by atoms with van der Waals surface area (Å²) in [6.07, 6.45) is 2.41.